The van der Waals surface area contributed by atoms with Gasteiger partial charge in [-0.2, -0.15) is 0 Å². The minimum Gasteiger partial charge on any atom is -0.486 e. The Hall–Kier alpha value is -1.29. The van der Waals surface area contributed by atoms with Gasteiger partial charge in [0.1, 0.15) is 0 Å². The van der Waals surface area contributed by atoms with Crippen LogP contribution in [0.15, 0.2) is 18.2 Å². The van der Waals surface area contributed by atoms with Crippen molar-refractivity contribution in [2.24, 2.45) is 5.92 Å². The van der Waals surface area contributed by atoms with Gasteiger partial charge in [0.2, 0.25) is 0 Å². The van der Waals surface area contributed by atoms with E-state index >= 15 is 0 Å². The standard InChI is InChI=1S/C10H10ClNO3/c11-8-3-4-9(12(13)14)10(5-8)15-6-7-1-2-7/h3-5,7H,1-2,6H2. The van der Waals surface area contributed by atoms with E-state index in [4.69, 9.17) is 16.3 Å². The van der Waals surface area contributed by atoms with Gasteiger partial charge in [0, 0.05) is 17.2 Å². The van der Waals surface area contributed by atoms with Gasteiger partial charge in [-0.15, -0.1) is 0 Å². The van der Waals surface area contributed by atoms with Crippen molar-refractivity contribution in [3.8, 4) is 5.75 Å². The summed E-state index contributed by atoms with van der Waals surface area (Å²) in [6.45, 7) is 0.543. The topological polar surface area (TPSA) is 52.4 Å². The molecule has 1 aromatic carbocycles. The first-order valence-electron chi connectivity index (χ1n) is 4.73. The highest BCUT2D eigenvalue weighted by atomic mass is 35.5. The smallest absolute Gasteiger partial charge is 0.311 e. The van der Waals surface area contributed by atoms with Gasteiger partial charge in [-0.3, -0.25) is 10.1 Å². The van der Waals surface area contributed by atoms with Crippen LogP contribution in [0.5, 0.6) is 5.75 Å². The molecular formula is C10H10ClNO3. The first-order chi connectivity index (χ1) is 7.16. The van der Waals surface area contributed by atoms with E-state index in [-0.39, 0.29) is 11.4 Å². The molecule has 0 aliphatic heterocycles. The molecule has 0 heterocycles. The van der Waals surface area contributed by atoms with Crippen molar-refractivity contribution >= 4 is 17.3 Å². The zero-order valence-electron chi connectivity index (χ0n) is 7.98. The van der Waals surface area contributed by atoms with Crippen LogP contribution in [0, 0.1) is 16.0 Å². The molecule has 1 saturated carbocycles. The molecule has 1 aromatic rings. The number of hydrogen-bond donors (Lipinski definition) is 0. The molecule has 0 amide bonds. The third-order valence-electron chi connectivity index (χ3n) is 2.29. The van der Waals surface area contributed by atoms with Gasteiger partial charge in [0.05, 0.1) is 11.5 Å². The molecule has 1 fully saturated rings. The summed E-state index contributed by atoms with van der Waals surface area (Å²) >= 11 is 5.75. The van der Waals surface area contributed by atoms with Crippen LogP contribution in [-0.4, -0.2) is 11.5 Å². The number of nitro benzene ring substituents is 1. The van der Waals surface area contributed by atoms with Crippen LogP contribution in [0.25, 0.3) is 0 Å². The molecule has 5 heteroatoms. The van der Waals surface area contributed by atoms with E-state index in [2.05, 4.69) is 0 Å². The summed E-state index contributed by atoms with van der Waals surface area (Å²) in [4.78, 5) is 10.2. The van der Waals surface area contributed by atoms with Gasteiger partial charge in [-0.1, -0.05) is 11.6 Å². The predicted octanol–water partition coefficient (Wildman–Crippen LogP) is 3.04. The number of hydrogen-bond acceptors (Lipinski definition) is 3. The van der Waals surface area contributed by atoms with Crippen LogP contribution in [0.4, 0.5) is 5.69 Å². The summed E-state index contributed by atoms with van der Waals surface area (Å²) < 4.78 is 5.38. The lowest BCUT2D eigenvalue weighted by atomic mass is 10.3. The van der Waals surface area contributed by atoms with E-state index in [1.165, 1.54) is 18.2 Å². The molecule has 4 nitrogen and oxygen atoms in total. The number of halogens is 1. The van der Waals surface area contributed by atoms with Crippen LogP contribution in [0.2, 0.25) is 5.02 Å². The molecule has 0 bridgehead atoms. The third-order valence-corrected chi connectivity index (χ3v) is 2.53. The van der Waals surface area contributed by atoms with Crippen molar-refractivity contribution in [1.82, 2.24) is 0 Å². The highest BCUT2D eigenvalue weighted by Gasteiger charge is 2.24. The van der Waals surface area contributed by atoms with Crippen molar-refractivity contribution in [2.75, 3.05) is 6.61 Å². The molecule has 0 saturated heterocycles. The van der Waals surface area contributed by atoms with E-state index in [0.29, 0.717) is 17.5 Å². The second-order valence-electron chi connectivity index (χ2n) is 3.62. The Morgan fingerprint density at radius 2 is 2.27 bits per heavy atom. The molecule has 0 N–H and O–H groups in total. The lowest BCUT2D eigenvalue weighted by molar-refractivity contribution is -0.385. The Bertz CT molecular complexity index is 390. The molecule has 15 heavy (non-hydrogen) atoms. The predicted molar refractivity (Wildman–Crippen MR) is 56.3 cm³/mol. The Morgan fingerprint density at radius 3 is 2.87 bits per heavy atom. The Labute approximate surface area is 92.0 Å². The normalized spacial score (nSPS) is 15.0. The van der Waals surface area contributed by atoms with Crippen LogP contribution in [0.3, 0.4) is 0 Å². The fourth-order valence-corrected chi connectivity index (χ4v) is 1.41. The number of ether oxygens (including phenoxy) is 1. The van der Waals surface area contributed by atoms with Gasteiger partial charge in [-0.05, 0) is 24.8 Å². The maximum absolute atomic E-state index is 10.7. The second-order valence-corrected chi connectivity index (χ2v) is 4.06. The molecule has 0 radical (unpaired) electrons. The maximum atomic E-state index is 10.7. The Balaban J connectivity index is 2.16. The lowest BCUT2D eigenvalue weighted by Gasteiger charge is -2.05. The van der Waals surface area contributed by atoms with Gasteiger partial charge in [0.25, 0.3) is 0 Å². The van der Waals surface area contributed by atoms with Crippen LogP contribution in [-0.2, 0) is 0 Å². The average Bonchev–Trinajstić information content (AvgIpc) is 2.97. The monoisotopic (exact) mass is 227 g/mol. The lowest BCUT2D eigenvalue weighted by Crippen LogP contribution is -2.01. The molecule has 0 aromatic heterocycles. The van der Waals surface area contributed by atoms with Crippen molar-refractivity contribution in [1.29, 1.82) is 0 Å². The highest BCUT2D eigenvalue weighted by Crippen LogP contribution is 2.33. The zero-order valence-corrected chi connectivity index (χ0v) is 8.74. The van der Waals surface area contributed by atoms with Crippen molar-refractivity contribution in [3.05, 3.63) is 33.3 Å². The third kappa shape index (κ3) is 2.59. The fourth-order valence-electron chi connectivity index (χ4n) is 1.25. The zero-order chi connectivity index (χ0) is 10.8. The van der Waals surface area contributed by atoms with Gasteiger partial charge < -0.3 is 4.74 Å². The number of benzene rings is 1. The van der Waals surface area contributed by atoms with E-state index in [9.17, 15) is 10.1 Å². The molecule has 1 aliphatic carbocycles. The highest BCUT2D eigenvalue weighted by molar-refractivity contribution is 6.30. The van der Waals surface area contributed by atoms with E-state index in [1.807, 2.05) is 0 Å². The molecule has 2 rings (SSSR count). The van der Waals surface area contributed by atoms with Crippen LogP contribution in [0.1, 0.15) is 12.8 Å². The van der Waals surface area contributed by atoms with E-state index < -0.39 is 4.92 Å². The summed E-state index contributed by atoms with van der Waals surface area (Å²) in [5, 5.41) is 11.1. The summed E-state index contributed by atoms with van der Waals surface area (Å²) in [7, 11) is 0. The van der Waals surface area contributed by atoms with E-state index in [0.717, 1.165) is 12.8 Å². The fraction of sp³-hybridized carbons (Fsp3) is 0.400. The number of nitro groups is 1. The summed E-state index contributed by atoms with van der Waals surface area (Å²) in [5.74, 6) is 0.822. The molecule has 1 aliphatic rings. The van der Waals surface area contributed by atoms with Crippen molar-refractivity contribution < 1.29 is 9.66 Å². The van der Waals surface area contributed by atoms with Gasteiger partial charge in [-0.25, -0.2) is 0 Å². The summed E-state index contributed by atoms with van der Waals surface area (Å²) in [6, 6.07) is 4.34. The minimum absolute atomic E-state index is 0.0277. The van der Waals surface area contributed by atoms with Gasteiger partial charge in [0.15, 0.2) is 5.75 Å². The van der Waals surface area contributed by atoms with Crippen molar-refractivity contribution in [2.45, 2.75) is 12.8 Å². The molecule has 0 unspecified atom stereocenters. The van der Waals surface area contributed by atoms with Gasteiger partial charge >= 0.3 is 5.69 Å². The largest absolute Gasteiger partial charge is 0.486 e. The number of rotatable bonds is 4. The average molecular weight is 228 g/mol. The molecular weight excluding hydrogens is 218 g/mol. The summed E-state index contributed by atoms with van der Waals surface area (Å²) in [6.07, 6.45) is 2.29. The summed E-state index contributed by atoms with van der Waals surface area (Å²) in [5.41, 5.74) is -0.0277. The molecule has 0 atom stereocenters. The molecule has 0 spiro atoms. The van der Waals surface area contributed by atoms with Crippen LogP contribution < -0.4 is 4.74 Å². The van der Waals surface area contributed by atoms with Crippen LogP contribution >= 0.6 is 11.6 Å². The second kappa shape index (κ2) is 4.06. The Kier molecular flexibility index (Phi) is 2.77. The quantitative estimate of drug-likeness (QED) is 0.587. The first-order valence-corrected chi connectivity index (χ1v) is 5.11. The maximum Gasteiger partial charge on any atom is 0.311 e. The number of nitrogens with zero attached hydrogens (tertiary/aromatic N) is 1. The SMILES string of the molecule is O=[N+]([O-])c1ccc(Cl)cc1OCC1CC1. The van der Waals surface area contributed by atoms with Crippen molar-refractivity contribution in [3.63, 3.8) is 0 Å². The first kappa shape index (κ1) is 10.2. The Morgan fingerprint density at radius 1 is 1.53 bits per heavy atom. The van der Waals surface area contributed by atoms with E-state index in [1.54, 1.807) is 0 Å². The molecule has 80 valence electrons. The minimum atomic E-state index is -0.460.